The van der Waals surface area contributed by atoms with Gasteiger partial charge in [0.2, 0.25) is 0 Å². The van der Waals surface area contributed by atoms with Crippen LogP contribution >= 0.6 is 24.2 Å². The van der Waals surface area contributed by atoms with Crippen molar-refractivity contribution in [2.24, 2.45) is 0 Å². The van der Waals surface area contributed by atoms with Crippen molar-refractivity contribution in [3.05, 3.63) is 0 Å². The summed E-state index contributed by atoms with van der Waals surface area (Å²) < 4.78 is 0. The molecule has 0 amide bonds. The molecule has 0 bridgehead atoms. The van der Waals surface area contributed by atoms with Crippen molar-refractivity contribution in [1.29, 1.82) is 0 Å². The minimum absolute atomic E-state index is 0. The Balaban J connectivity index is 0.000000845. The lowest BCUT2D eigenvalue weighted by molar-refractivity contribution is -0.138. The molecule has 2 fully saturated rings. The summed E-state index contributed by atoms with van der Waals surface area (Å²) in [5.41, 5.74) is 0. The fourth-order valence-electron chi connectivity index (χ4n) is 2.01. The van der Waals surface area contributed by atoms with Crippen molar-refractivity contribution in [3.63, 3.8) is 0 Å². The minimum Gasteiger partial charge on any atom is -0.480 e. The minimum atomic E-state index is -0.703. The Kier molecular flexibility index (Phi) is 3.49. The number of hydrogen-bond donors (Lipinski definition) is 2. The van der Waals surface area contributed by atoms with E-state index >= 15 is 0 Å². The van der Waals surface area contributed by atoms with Crippen LogP contribution in [0.2, 0.25) is 0 Å². The van der Waals surface area contributed by atoms with Crippen molar-refractivity contribution in [1.82, 2.24) is 5.32 Å². The van der Waals surface area contributed by atoms with E-state index in [1.165, 1.54) is 12.8 Å². The van der Waals surface area contributed by atoms with Gasteiger partial charge >= 0.3 is 5.97 Å². The van der Waals surface area contributed by atoms with E-state index in [0.717, 1.165) is 18.6 Å². The Morgan fingerprint density at radius 3 is 2.54 bits per heavy atom. The van der Waals surface area contributed by atoms with Gasteiger partial charge in [0, 0.05) is 5.75 Å². The number of halogens is 1. The monoisotopic (exact) mass is 223 g/mol. The summed E-state index contributed by atoms with van der Waals surface area (Å²) in [6, 6.07) is -0.312. The number of nitrogens with one attached hydrogen (secondary N) is 1. The Morgan fingerprint density at radius 1 is 1.46 bits per heavy atom. The molecule has 1 unspecified atom stereocenters. The average molecular weight is 224 g/mol. The Morgan fingerprint density at radius 2 is 2.08 bits per heavy atom. The summed E-state index contributed by atoms with van der Waals surface area (Å²) in [6.45, 7) is 0. The van der Waals surface area contributed by atoms with Crippen LogP contribution in [0.15, 0.2) is 0 Å². The van der Waals surface area contributed by atoms with Gasteiger partial charge in [0.25, 0.3) is 0 Å². The highest BCUT2D eigenvalue weighted by atomic mass is 35.5. The molecule has 1 saturated heterocycles. The van der Waals surface area contributed by atoms with Crippen molar-refractivity contribution in [2.75, 3.05) is 5.75 Å². The predicted octanol–water partition coefficient (Wildman–Crippen LogP) is 1.47. The summed E-state index contributed by atoms with van der Waals surface area (Å²) >= 11 is 1.80. The highest BCUT2D eigenvalue weighted by Crippen LogP contribution is 2.43. The highest BCUT2D eigenvalue weighted by molar-refractivity contribution is 8.01. The molecule has 3 nitrogen and oxygen atoms in total. The largest absolute Gasteiger partial charge is 0.480 e. The molecule has 2 rings (SSSR count). The SMILES string of the molecule is Cl.O=C(O)C1CSC2(CCCC2)N1. The third kappa shape index (κ3) is 2.11. The lowest BCUT2D eigenvalue weighted by atomic mass is 10.2. The average Bonchev–Trinajstić information content (AvgIpc) is 2.62. The zero-order chi connectivity index (χ0) is 8.60. The van der Waals surface area contributed by atoms with Crippen molar-refractivity contribution in [3.8, 4) is 0 Å². The molecule has 1 aliphatic heterocycles. The number of aliphatic carboxylic acids is 1. The van der Waals surface area contributed by atoms with Gasteiger partial charge in [-0.05, 0) is 12.8 Å². The maximum atomic E-state index is 10.7. The van der Waals surface area contributed by atoms with Crippen LogP contribution in [0.3, 0.4) is 0 Å². The zero-order valence-corrected chi connectivity index (χ0v) is 8.92. The molecule has 1 aliphatic carbocycles. The molecular formula is C8H14ClNO2S. The molecule has 1 saturated carbocycles. The van der Waals surface area contributed by atoms with Crippen molar-refractivity contribution < 1.29 is 9.90 Å². The molecular weight excluding hydrogens is 210 g/mol. The molecule has 1 heterocycles. The topological polar surface area (TPSA) is 49.3 Å². The summed E-state index contributed by atoms with van der Waals surface area (Å²) in [7, 11) is 0. The lowest BCUT2D eigenvalue weighted by Gasteiger charge is -2.22. The fraction of sp³-hybridized carbons (Fsp3) is 0.875. The van der Waals surface area contributed by atoms with Gasteiger partial charge in [0.15, 0.2) is 0 Å². The van der Waals surface area contributed by atoms with Gasteiger partial charge in [-0.3, -0.25) is 10.1 Å². The highest BCUT2D eigenvalue weighted by Gasteiger charge is 2.43. The Bertz CT molecular complexity index is 206. The van der Waals surface area contributed by atoms with Gasteiger partial charge in [-0.15, -0.1) is 24.2 Å². The standard InChI is InChI=1S/C8H13NO2S.ClH/c10-7(11)6-5-12-8(9-6)3-1-2-4-8;/h6,9H,1-5H2,(H,10,11);1H. The first-order valence-electron chi connectivity index (χ1n) is 4.36. The first-order chi connectivity index (χ1) is 5.72. The molecule has 0 radical (unpaired) electrons. The van der Waals surface area contributed by atoms with E-state index in [9.17, 15) is 4.79 Å². The molecule has 0 aromatic rings. The zero-order valence-electron chi connectivity index (χ0n) is 7.28. The van der Waals surface area contributed by atoms with Gasteiger partial charge in [0.05, 0.1) is 4.87 Å². The molecule has 13 heavy (non-hydrogen) atoms. The van der Waals surface area contributed by atoms with Crippen LogP contribution in [0.5, 0.6) is 0 Å². The van der Waals surface area contributed by atoms with Gasteiger partial charge < -0.3 is 5.11 Å². The van der Waals surface area contributed by atoms with Crippen LogP contribution in [-0.2, 0) is 4.79 Å². The molecule has 0 aromatic heterocycles. The second-order valence-corrected chi connectivity index (χ2v) is 4.95. The van der Waals surface area contributed by atoms with E-state index in [4.69, 9.17) is 5.11 Å². The number of rotatable bonds is 1. The Hall–Kier alpha value is 0.0700. The first kappa shape index (κ1) is 11.1. The third-order valence-electron chi connectivity index (χ3n) is 2.67. The van der Waals surface area contributed by atoms with Crippen LogP contribution in [0.1, 0.15) is 25.7 Å². The normalized spacial score (nSPS) is 30.3. The van der Waals surface area contributed by atoms with Gasteiger partial charge in [-0.25, -0.2) is 0 Å². The predicted molar refractivity (Wildman–Crippen MR) is 55.5 cm³/mol. The molecule has 1 atom stereocenters. The molecule has 2 N–H and O–H groups in total. The maximum absolute atomic E-state index is 10.7. The first-order valence-corrected chi connectivity index (χ1v) is 5.35. The van der Waals surface area contributed by atoms with E-state index in [-0.39, 0.29) is 23.3 Å². The van der Waals surface area contributed by atoms with Crippen LogP contribution in [0.25, 0.3) is 0 Å². The van der Waals surface area contributed by atoms with Gasteiger partial charge in [-0.1, -0.05) is 12.8 Å². The summed E-state index contributed by atoms with van der Waals surface area (Å²) in [5.74, 6) is 0.0290. The number of carboxylic acid groups (broad SMARTS) is 1. The van der Waals surface area contributed by atoms with Crippen LogP contribution in [0, 0.1) is 0 Å². The Labute approximate surface area is 88.1 Å². The number of carbonyl (C=O) groups is 1. The van der Waals surface area contributed by atoms with Crippen molar-refractivity contribution in [2.45, 2.75) is 36.6 Å². The fourth-order valence-corrected chi connectivity index (χ4v) is 3.53. The van der Waals surface area contributed by atoms with E-state index in [2.05, 4.69) is 5.32 Å². The van der Waals surface area contributed by atoms with Gasteiger partial charge in [0.1, 0.15) is 6.04 Å². The van der Waals surface area contributed by atoms with Crippen molar-refractivity contribution >= 4 is 30.1 Å². The van der Waals surface area contributed by atoms with E-state index in [0.29, 0.717) is 0 Å². The second kappa shape index (κ2) is 4.07. The number of thioether (sulfide) groups is 1. The van der Waals surface area contributed by atoms with Crippen LogP contribution < -0.4 is 5.32 Å². The molecule has 5 heteroatoms. The number of carboxylic acids is 1. The second-order valence-electron chi connectivity index (χ2n) is 3.55. The van der Waals surface area contributed by atoms with E-state index in [1.807, 2.05) is 0 Å². The molecule has 76 valence electrons. The number of hydrogen-bond acceptors (Lipinski definition) is 3. The smallest absolute Gasteiger partial charge is 0.321 e. The molecule has 1 spiro atoms. The lowest BCUT2D eigenvalue weighted by Crippen LogP contribution is -2.43. The molecule has 2 aliphatic rings. The third-order valence-corrected chi connectivity index (χ3v) is 4.25. The summed E-state index contributed by atoms with van der Waals surface area (Å²) in [5, 5.41) is 12.0. The van der Waals surface area contributed by atoms with Crippen LogP contribution in [-0.4, -0.2) is 27.7 Å². The quantitative estimate of drug-likeness (QED) is 0.707. The molecule has 0 aromatic carbocycles. The summed E-state index contributed by atoms with van der Waals surface area (Å²) in [6.07, 6.45) is 4.77. The van der Waals surface area contributed by atoms with Crippen LogP contribution in [0.4, 0.5) is 0 Å². The van der Waals surface area contributed by atoms with E-state index < -0.39 is 5.97 Å². The van der Waals surface area contributed by atoms with E-state index in [1.54, 1.807) is 11.8 Å². The summed E-state index contributed by atoms with van der Waals surface area (Å²) in [4.78, 5) is 10.8. The maximum Gasteiger partial charge on any atom is 0.321 e. The van der Waals surface area contributed by atoms with Gasteiger partial charge in [-0.2, -0.15) is 0 Å².